The molecule has 1 saturated heterocycles. The first-order chi connectivity index (χ1) is 10.6. The fourth-order valence-electron chi connectivity index (χ4n) is 2.36. The molecule has 1 aromatic carbocycles. The van der Waals surface area contributed by atoms with Crippen LogP contribution in [-0.4, -0.2) is 35.5 Å². The molecule has 0 amide bonds. The van der Waals surface area contributed by atoms with E-state index in [0.29, 0.717) is 35.5 Å². The van der Waals surface area contributed by atoms with Crippen molar-refractivity contribution in [2.45, 2.75) is 12.7 Å². The van der Waals surface area contributed by atoms with Crippen LogP contribution in [0.15, 0.2) is 33.7 Å². The molecule has 0 aliphatic carbocycles. The molecular weight excluding hydrogens is 318 g/mol. The molecule has 116 valence electrons. The maximum Gasteiger partial charge on any atom is 0.196 e. The molecule has 0 spiro atoms. The second-order valence-corrected chi connectivity index (χ2v) is 6.85. The van der Waals surface area contributed by atoms with E-state index >= 15 is 0 Å². The van der Waals surface area contributed by atoms with Crippen molar-refractivity contribution in [3.8, 4) is 0 Å². The number of rotatable bonds is 2. The molecule has 1 aliphatic heterocycles. The van der Waals surface area contributed by atoms with E-state index in [4.69, 9.17) is 21.4 Å². The summed E-state index contributed by atoms with van der Waals surface area (Å²) < 4.78 is 11.7. The second kappa shape index (κ2) is 6.81. The highest BCUT2D eigenvalue weighted by Gasteiger charge is 2.15. The smallest absolute Gasteiger partial charge is 0.196 e. The number of thioether (sulfide) groups is 1. The van der Waals surface area contributed by atoms with Gasteiger partial charge in [-0.15, -0.1) is 0 Å². The van der Waals surface area contributed by atoms with Gasteiger partial charge >= 0.3 is 0 Å². The SMILES string of the molecule is Cc1ccc2occ(CSC(=S)N3CCOCC3)c(=O)c2c1. The van der Waals surface area contributed by atoms with Crippen LogP contribution in [0.2, 0.25) is 0 Å². The Morgan fingerprint density at radius 2 is 2.14 bits per heavy atom. The zero-order valence-corrected chi connectivity index (χ0v) is 14.0. The van der Waals surface area contributed by atoms with Gasteiger partial charge in [-0.05, 0) is 19.1 Å². The Labute approximate surface area is 138 Å². The number of morpholine rings is 1. The number of aryl methyl sites for hydroxylation is 1. The number of hydrogen-bond acceptors (Lipinski definition) is 5. The highest BCUT2D eigenvalue weighted by atomic mass is 32.2. The van der Waals surface area contributed by atoms with Crippen molar-refractivity contribution in [2.24, 2.45) is 0 Å². The van der Waals surface area contributed by atoms with Gasteiger partial charge in [0.05, 0.1) is 24.9 Å². The van der Waals surface area contributed by atoms with Gasteiger partial charge in [0, 0.05) is 24.4 Å². The van der Waals surface area contributed by atoms with Crippen molar-refractivity contribution in [2.75, 3.05) is 26.3 Å². The van der Waals surface area contributed by atoms with Crippen LogP contribution in [0.4, 0.5) is 0 Å². The molecule has 0 radical (unpaired) electrons. The van der Waals surface area contributed by atoms with E-state index in [1.807, 2.05) is 25.1 Å². The summed E-state index contributed by atoms with van der Waals surface area (Å²) in [4.78, 5) is 14.6. The average molecular weight is 335 g/mol. The van der Waals surface area contributed by atoms with Gasteiger partial charge < -0.3 is 14.1 Å². The van der Waals surface area contributed by atoms with E-state index in [2.05, 4.69) is 4.90 Å². The van der Waals surface area contributed by atoms with Gasteiger partial charge in [-0.2, -0.15) is 0 Å². The van der Waals surface area contributed by atoms with Gasteiger partial charge in [-0.25, -0.2) is 0 Å². The van der Waals surface area contributed by atoms with Crippen molar-refractivity contribution in [3.05, 3.63) is 45.8 Å². The van der Waals surface area contributed by atoms with Crippen LogP contribution in [0.5, 0.6) is 0 Å². The average Bonchev–Trinajstić information content (AvgIpc) is 2.55. The van der Waals surface area contributed by atoms with E-state index in [1.165, 1.54) is 11.8 Å². The summed E-state index contributed by atoms with van der Waals surface area (Å²) in [6.45, 7) is 5.01. The quantitative estimate of drug-likeness (QED) is 0.786. The molecule has 4 nitrogen and oxygen atoms in total. The summed E-state index contributed by atoms with van der Waals surface area (Å²) >= 11 is 6.94. The number of hydrogen-bond donors (Lipinski definition) is 0. The fourth-order valence-corrected chi connectivity index (χ4v) is 3.56. The Morgan fingerprint density at radius 1 is 1.36 bits per heavy atom. The summed E-state index contributed by atoms with van der Waals surface area (Å²) in [5.41, 5.74) is 2.36. The molecule has 1 aromatic heterocycles. The van der Waals surface area contributed by atoms with Crippen LogP contribution in [0.1, 0.15) is 11.1 Å². The van der Waals surface area contributed by atoms with Crippen LogP contribution in [0.25, 0.3) is 11.0 Å². The minimum absolute atomic E-state index is 0.0298. The van der Waals surface area contributed by atoms with Gasteiger partial charge in [0.2, 0.25) is 0 Å². The predicted octanol–water partition coefficient (Wildman–Crippen LogP) is 2.95. The zero-order valence-electron chi connectivity index (χ0n) is 12.3. The molecule has 1 aliphatic rings. The number of fused-ring (bicyclic) bond motifs is 1. The Balaban J connectivity index is 1.75. The van der Waals surface area contributed by atoms with E-state index in [0.717, 1.165) is 23.0 Å². The minimum Gasteiger partial charge on any atom is -0.464 e. The van der Waals surface area contributed by atoms with Crippen LogP contribution in [0, 0.1) is 6.92 Å². The first kappa shape index (κ1) is 15.5. The first-order valence-corrected chi connectivity index (χ1v) is 8.55. The number of thiocarbonyl (C=S) groups is 1. The highest BCUT2D eigenvalue weighted by Crippen LogP contribution is 2.19. The topological polar surface area (TPSA) is 42.7 Å². The van der Waals surface area contributed by atoms with Crippen LogP contribution < -0.4 is 5.43 Å². The van der Waals surface area contributed by atoms with Crippen molar-refractivity contribution >= 4 is 39.3 Å². The normalized spacial score (nSPS) is 15.2. The van der Waals surface area contributed by atoms with Gasteiger partial charge in [0.15, 0.2) is 5.43 Å². The highest BCUT2D eigenvalue weighted by molar-refractivity contribution is 8.22. The lowest BCUT2D eigenvalue weighted by Crippen LogP contribution is -2.38. The molecule has 6 heteroatoms. The lowest BCUT2D eigenvalue weighted by molar-refractivity contribution is 0.0702. The van der Waals surface area contributed by atoms with Gasteiger partial charge in [0.1, 0.15) is 9.90 Å². The van der Waals surface area contributed by atoms with Crippen LogP contribution in [-0.2, 0) is 10.5 Å². The molecule has 2 heterocycles. The van der Waals surface area contributed by atoms with Crippen molar-refractivity contribution in [1.29, 1.82) is 0 Å². The lowest BCUT2D eigenvalue weighted by atomic mass is 10.1. The molecule has 0 saturated carbocycles. The molecular formula is C16H17NO3S2. The Morgan fingerprint density at radius 3 is 2.91 bits per heavy atom. The Hall–Kier alpha value is -1.37. The number of nitrogens with zero attached hydrogens (tertiary/aromatic N) is 1. The summed E-state index contributed by atoms with van der Waals surface area (Å²) in [6, 6.07) is 5.64. The van der Waals surface area contributed by atoms with Crippen LogP contribution >= 0.6 is 24.0 Å². The lowest BCUT2D eigenvalue weighted by Gasteiger charge is -2.28. The summed E-state index contributed by atoms with van der Waals surface area (Å²) in [7, 11) is 0. The molecule has 0 atom stereocenters. The van der Waals surface area contributed by atoms with Crippen molar-refractivity contribution < 1.29 is 9.15 Å². The number of benzene rings is 1. The first-order valence-electron chi connectivity index (χ1n) is 7.15. The van der Waals surface area contributed by atoms with Gasteiger partial charge in [-0.3, -0.25) is 4.79 Å². The molecule has 0 bridgehead atoms. The van der Waals surface area contributed by atoms with Crippen molar-refractivity contribution in [1.82, 2.24) is 4.90 Å². The van der Waals surface area contributed by atoms with E-state index in [-0.39, 0.29) is 5.43 Å². The maximum atomic E-state index is 12.5. The molecule has 3 rings (SSSR count). The third-order valence-electron chi connectivity index (χ3n) is 3.62. The summed E-state index contributed by atoms with van der Waals surface area (Å²) in [5.74, 6) is 0.530. The Kier molecular flexibility index (Phi) is 4.81. The summed E-state index contributed by atoms with van der Waals surface area (Å²) in [5, 5.41) is 0.635. The minimum atomic E-state index is 0.0298. The maximum absolute atomic E-state index is 12.5. The molecule has 0 unspecified atom stereocenters. The monoisotopic (exact) mass is 335 g/mol. The fraction of sp³-hybridized carbons (Fsp3) is 0.375. The Bertz CT molecular complexity index is 751. The second-order valence-electron chi connectivity index (χ2n) is 5.24. The predicted molar refractivity (Wildman–Crippen MR) is 93.5 cm³/mol. The third kappa shape index (κ3) is 3.34. The van der Waals surface area contributed by atoms with E-state index in [1.54, 1.807) is 6.26 Å². The molecule has 22 heavy (non-hydrogen) atoms. The zero-order chi connectivity index (χ0) is 15.5. The van der Waals surface area contributed by atoms with Crippen LogP contribution in [0.3, 0.4) is 0 Å². The summed E-state index contributed by atoms with van der Waals surface area (Å²) in [6.07, 6.45) is 1.55. The standard InChI is InChI=1S/C16H17NO3S2/c1-11-2-3-14-13(8-11)15(18)12(9-20-14)10-22-16(21)17-4-6-19-7-5-17/h2-3,8-9H,4-7,10H2,1H3. The molecule has 0 N–H and O–H groups in total. The van der Waals surface area contributed by atoms with Gasteiger partial charge in [-0.1, -0.05) is 35.6 Å². The molecule has 1 fully saturated rings. The number of ether oxygens (including phenoxy) is 1. The largest absolute Gasteiger partial charge is 0.464 e. The van der Waals surface area contributed by atoms with Crippen molar-refractivity contribution in [3.63, 3.8) is 0 Å². The van der Waals surface area contributed by atoms with Gasteiger partial charge in [0.25, 0.3) is 0 Å². The van der Waals surface area contributed by atoms with E-state index in [9.17, 15) is 4.79 Å². The van der Waals surface area contributed by atoms with E-state index < -0.39 is 0 Å². The third-order valence-corrected chi connectivity index (χ3v) is 5.19. The molecule has 2 aromatic rings.